The molecule has 2 saturated heterocycles. The van der Waals surface area contributed by atoms with Crippen LogP contribution in [0.2, 0.25) is 0 Å². The number of hydrogen-bond donors (Lipinski definition) is 1. The summed E-state index contributed by atoms with van der Waals surface area (Å²) in [6.45, 7) is 13.0. The summed E-state index contributed by atoms with van der Waals surface area (Å²) < 4.78 is 75.5. The van der Waals surface area contributed by atoms with Crippen molar-refractivity contribution in [3.8, 4) is 11.5 Å². The van der Waals surface area contributed by atoms with Crippen molar-refractivity contribution in [1.29, 1.82) is 0 Å². The third kappa shape index (κ3) is 12.6. The van der Waals surface area contributed by atoms with E-state index in [1.54, 1.807) is 12.1 Å². The largest absolute Gasteiger partial charge is 0.534 e. The number of carbonyl (C=O) groups is 2. The van der Waals surface area contributed by atoms with Gasteiger partial charge in [-0.1, -0.05) is 113 Å². The number of carbonyl (C=O) groups excluding carboxylic acids is 2. The number of benzene rings is 4. The lowest BCUT2D eigenvalue weighted by molar-refractivity contribution is -0.147. The van der Waals surface area contributed by atoms with Gasteiger partial charge in [0.15, 0.2) is 0 Å². The molecule has 2 aliphatic heterocycles. The van der Waals surface area contributed by atoms with Crippen LogP contribution in [-0.4, -0.2) is 94.3 Å². The van der Waals surface area contributed by atoms with Gasteiger partial charge in [-0.3, -0.25) is 9.59 Å². The number of ether oxygens (including phenoxy) is 2. The number of likely N-dealkylation sites (tertiary alicyclic amines) is 2. The lowest BCUT2D eigenvalue weighted by atomic mass is 9.68. The quantitative estimate of drug-likeness (QED) is 0.0749. The van der Waals surface area contributed by atoms with Gasteiger partial charge in [0.05, 0.1) is 26.1 Å². The molecule has 10 nitrogen and oxygen atoms in total. The second-order valence-electron chi connectivity index (χ2n) is 17.5. The summed E-state index contributed by atoms with van der Waals surface area (Å²) in [6.07, 6.45) is 2.92. The second-order valence-corrected chi connectivity index (χ2v) is 19.1. The van der Waals surface area contributed by atoms with Crippen LogP contribution in [0.4, 0.5) is 13.2 Å². The Kier molecular flexibility index (Phi) is 16.5. The van der Waals surface area contributed by atoms with Gasteiger partial charge in [0.1, 0.15) is 11.5 Å². The SMILES string of the molecule is COC(=O)[C@@H](Cc1ccccc1)CN1CC[C@@](C)(c2cccc(O)c2)[C@@H](C)C1.COC(=O)[C@@H](Cc1ccccc1)CN1CC[C@@](C)(c2cccc(OS(=O)(=O)C(F)(F)F)c2)[C@@H](C)C1. The van der Waals surface area contributed by atoms with E-state index >= 15 is 0 Å². The van der Waals surface area contributed by atoms with Crippen LogP contribution in [0.15, 0.2) is 109 Å². The van der Waals surface area contributed by atoms with E-state index in [9.17, 15) is 36.3 Å². The lowest BCUT2D eigenvalue weighted by Crippen LogP contribution is -2.49. The highest BCUT2D eigenvalue weighted by atomic mass is 32.2. The van der Waals surface area contributed by atoms with Crippen molar-refractivity contribution in [2.24, 2.45) is 23.7 Å². The van der Waals surface area contributed by atoms with Crippen molar-refractivity contribution in [3.05, 3.63) is 131 Å². The van der Waals surface area contributed by atoms with Crippen molar-refractivity contribution >= 4 is 22.1 Å². The first-order valence-corrected chi connectivity index (χ1v) is 22.8. The van der Waals surface area contributed by atoms with Crippen LogP contribution < -0.4 is 4.18 Å². The van der Waals surface area contributed by atoms with Crippen molar-refractivity contribution in [3.63, 3.8) is 0 Å². The van der Waals surface area contributed by atoms with Crippen molar-refractivity contribution < 1.29 is 49.9 Å². The van der Waals surface area contributed by atoms with Gasteiger partial charge >= 0.3 is 27.6 Å². The minimum atomic E-state index is -5.74. The zero-order valence-corrected chi connectivity index (χ0v) is 37.8. The summed E-state index contributed by atoms with van der Waals surface area (Å²) in [5, 5.41) is 9.88. The van der Waals surface area contributed by atoms with Gasteiger partial charge in [-0.05, 0) is 108 Å². The molecule has 0 radical (unpaired) electrons. The number of nitrogens with zero attached hydrogens (tertiary/aromatic N) is 2. The number of alkyl halides is 3. The fourth-order valence-electron chi connectivity index (χ4n) is 8.96. The molecule has 2 heterocycles. The van der Waals surface area contributed by atoms with E-state index in [-0.39, 0.29) is 40.9 Å². The van der Waals surface area contributed by atoms with Gasteiger partial charge in [0, 0.05) is 26.2 Å². The molecule has 342 valence electrons. The topological polar surface area (TPSA) is 123 Å². The first-order valence-electron chi connectivity index (χ1n) is 21.4. The first kappa shape index (κ1) is 49.1. The highest BCUT2D eigenvalue weighted by Gasteiger charge is 2.49. The van der Waals surface area contributed by atoms with Crippen LogP contribution in [-0.2, 0) is 52.9 Å². The van der Waals surface area contributed by atoms with Crippen molar-refractivity contribution in [2.45, 2.75) is 69.7 Å². The number of aromatic hydroxyl groups is 1. The molecule has 0 aromatic heterocycles. The molecule has 0 unspecified atom stereocenters. The monoisotopic (exact) mass is 894 g/mol. The maximum absolute atomic E-state index is 12.7. The molecule has 14 heteroatoms. The Morgan fingerprint density at radius 2 is 1.13 bits per heavy atom. The number of esters is 2. The summed E-state index contributed by atoms with van der Waals surface area (Å²) >= 11 is 0. The number of piperidine rings is 2. The van der Waals surface area contributed by atoms with E-state index in [1.165, 1.54) is 38.0 Å². The van der Waals surface area contributed by atoms with E-state index in [2.05, 4.69) is 46.0 Å². The van der Waals surface area contributed by atoms with Crippen molar-refractivity contribution in [1.82, 2.24) is 9.80 Å². The van der Waals surface area contributed by atoms with E-state index < -0.39 is 21.0 Å². The second kappa shape index (κ2) is 21.2. The van der Waals surface area contributed by atoms with Gasteiger partial charge in [0.2, 0.25) is 0 Å². The Morgan fingerprint density at radius 1 is 0.698 bits per heavy atom. The molecule has 2 fully saturated rings. The fraction of sp³-hybridized carbons (Fsp3) is 0.469. The van der Waals surface area contributed by atoms with E-state index in [1.807, 2.05) is 74.5 Å². The van der Waals surface area contributed by atoms with Crippen LogP contribution in [0.1, 0.15) is 62.8 Å². The Morgan fingerprint density at radius 3 is 1.52 bits per heavy atom. The Labute approximate surface area is 370 Å². The first-order chi connectivity index (χ1) is 29.8. The summed E-state index contributed by atoms with van der Waals surface area (Å²) in [7, 11) is -2.89. The predicted molar refractivity (Wildman–Crippen MR) is 237 cm³/mol. The summed E-state index contributed by atoms with van der Waals surface area (Å²) in [5.74, 6) is -0.471. The summed E-state index contributed by atoms with van der Waals surface area (Å²) in [5.41, 5.74) is -1.80. The minimum absolute atomic E-state index is 0.0232. The maximum Gasteiger partial charge on any atom is 0.534 e. The maximum atomic E-state index is 12.7. The number of rotatable bonds is 14. The average molecular weight is 895 g/mol. The molecular weight excluding hydrogens is 834 g/mol. The molecule has 6 rings (SSSR count). The zero-order valence-electron chi connectivity index (χ0n) is 37.0. The van der Waals surface area contributed by atoms with E-state index in [0.717, 1.165) is 30.6 Å². The standard InChI is InChI=1S/C25H30F3NO5S.C24H31NO3/c1-18-16-29(17-20(23(30)33-3)14-19-8-5-4-6-9-19)13-12-24(18,2)21-10-7-11-22(15-21)34-35(31,32)25(26,27)28;1-18-16-25(13-12-24(18,2)21-10-7-11-22(26)15-21)17-20(23(27)28-3)14-19-8-5-4-6-9-19/h4-11,15,18,20H,12-14,16-17H2,1-3H3;4-11,15,18,20,26H,12-14,16-17H2,1-3H3/t2*18-,20-,24+/m00/s1. The lowest BCUT2D eigenvalue weighted by Gasteiger charge is -2.45. The molecule has 0 bridgehead atoms. The molecule has 4 aromatic carbocycles. The van der Waals surface area contributed by atoms with Crippen LogP contribution in [0.25, 0.3) is 0 Å². The number of phenolic OH excluding ortho intramolecular Hbond substituents is 1. The Bertz CT molecular complexity index is 2230. The number of halogens is 3. The van der Waals surface area contributed by atoms with E-state index in [4.69, 9.17) is 9.47 Å². The highest BCUT2D eigenvalue weighted by molar-refractivity contribution is 7.88. The summed E-state index contributed by atoms with van der Waals surface area (Å²) in [4.78, 5) is 29.4. The van der Waals surface area contributed by atoms with Crippen LogP contribution in [0.5, 0.6) is 11.5 Å². The molecular formula is C49H61F3N2O8S. The molecule has 4 aromatic rings. The minimum Gasteiger partial charge on any atom is -0.508 e. The highest BCUT2D eigenvalue weighted by Crippen LogP contribution is 2.42. The Balaban J connectivity index is 0.000000243. The number of methoxy groups -OCH3 is 2. The van der Waals surface area contributed by atoms with Gasteiger partial charge in [-0.2, -0.15) is 21.6 Å². The van der Waals surface area contributed by atoms with Gasteiger partial charge in [-0.25, -0.2) is 0 Å². The third-order valence-corrected chi connectivity index (χ3v) is 14.3. The molecule has 1 N–H and O–H groups in total. The van der Waals surface area contributed by atoms with Gasteiger partial charge < -0.3 is 28.6 Å². The van der Waals surface area contributed by atoms with Crippen LogP contribution in [0, 0.1) is 23.7 Å². The molecule has 0 saturated carbocycles. The predicted octanol–water partition coefficient (Wildman–Crippen LogP) is 8.57. The van der Waals surface area contributed by atoms with Crippen LogP contribution in [0.3, 0.4) is 0 Å². The molecule has 0 aliphatic carbocycles. The van der Waals surface area contributed by atoms with Gasteiger partial charge in [-0.15, -0.1) is 0 Å². The molecule has 6 atom stereocenters. The third-order valence-electron chi connectivity index (χ3n) is 13.3. The fourth-order valence-corrected chi connectivity index (χ4v) is 9.41. The number of hydrogen-bond acceptors (Lipinski definition) is 10. The zero-order chi connectivity index (χ0) is 46.0. The van der Waals surface area contributed by atoms with Crippen LogP contribution >= 0.6 is 0 Å². The van der Waals surface area contributed by atoms with Gasteiger partial charge in [0.25, 0.3) is 0 Å². The summed E-state index contributed by atoms with van der Waals surface area (Å²) in [6, 6.07) is 33.3. The molecule has 0 spiro atoms. The normalized spacial score (nSPS) is 23.1. The van der Waals surface area contributed by atoms with E-state index in [0.29, 0.717) is 62.7 Å². The smallest absolute Gasteiger partial charge is 0.508 e. The molecule has 63 heavy (non-hydrogen) atoms. The molecule has 0 amide bonds. The number of phenols is 1. The van der Waals surface area contributed by atoms with Crippen molar-refractivity contribution in [2.75, 3.05) is 53.5 Å². The average Bonchev–Trinajstić information content (AvgIpc) is 3.25. The molecule has 2 aliphatic rings. The Hall–Kier alpha value is -4.92.